The van der Waals surface area contributed by atoms with Gasteiger partial charge < -0.3 is 14.8 Å². The number of methoxy groups -OCH3 is 1. The molecule has 24 heavy (non-hydrogen) atoms. The van der Waals surface area contributed by atoms with E-state index in [0.717, 1.165) is 16.9 Å². The number of nitrogens with one attached hydrogen (secondary N) is 1. The summed E-state index contributed by atoms with van der Waals surface area (Å²) < 4.78 is 33.5. The van der Waals surface area contributed by atoms with Gasteiger partial charge >= 0.3 is 6.61 Å². The Morgan fingerprint density at radius 2 is 1.58 bits per heavy atom. The van der Waals surface area contributed by atoms with Crippen molar-refractivity contribution in [3.05, 3.63) is 59.7 Å². The van der Waals surface area contributed by atoms with Gasteiger partial charge in [-0.25, -0.2) is 0 Å². The summed E-state index contributed by atoms with van der Waals surface area (Å²) in [4.78, 5) is 11.9. The standard InChI is InChI=1S/C18H19F2NO3/c1-23-15-7-4-14(5-8-15)12-21-17(22)11-6-13-2-9-16(10-3-13)24-18(19)20/h2-5,7-10,18H,6,11-12H2,1H3,(H,21,22). The number of ether oxygens (including phenoxy) is 2. The predicted molar refractivity (Wildman–Crippen MR) is 86.2 cm³/mol. The van der Waals surface area contributed by atoms with E-state index in [1.165, 1.54) is 12.1 Å². The predicted octanol–water partition coefficient (Wildman–Crippen LogP) is 3.55. The summed E-state index contributed by atoms with van der Waals surface area (Å²) in [7, 11) is 1.60. The molecule has 0 radical (unpaired) electrons. The van der Waals surface area contributed by atoms with Gasteiger partial charge in [-0.3, -0.25) is 4.79 Å². The zero-order chi connectivity index (χ0) is 17.4. The van der Waals surface area contributed by atoms with E-state index in [9.17, 15) is 13.6 Å². The van der Waals surface area contributed by atoms with Gasteiger partial charge in [0.25, 0.3) is 0 Å². The molecule has 2 aromatic rings. The highest BCUT2D eigenvalue weighted by molar-refractivity contribution is 5.76. The van der Waals surface area contributed by atoms with Crippen LogP contribution in [-0.2, 0) is 17.8 Å². The molecule has 0 heterocycles. The normalized spacial score (nSPS) is 10.5. The van der Waals surface area contributed by atoms with Crippen molar-refractivity contribution >= 4 is 5.91 Å². The van der Waals surface area contributed by atoms with Gasteiger partial charge in [0.2, 0.25) is 5.91 Å². The smallest absolute Gasteiger partial charge is 0.387 e. The fraction of sp³-hybridized carbons (Fsp3) is 0.278. The second-order valence-electron chi connectivity index (χ2n) is 5.15. The number of benzene rings is 2. The Morgan fingerprint density at radius 1 is 1.00 bits per heavy atom. The fourth-order valence-corrected chi connectivity index (χ4v) is 2.13. The van der Waals surface area contributed by atoms with E-state index < -0.39 is 6.61 Å². The lowest BCUT2D eigenvalue weighted by Gasteiger charge is -2.07. The van der Waals surface area contributed by atoms with Crippen LogP contribution in [0.5, 0.6) is 11.5 Å². The first-order valence-corrected chi connectivity index (χ1v) is 7.50. The van der Waals surface area contributed by atoms with Crippen LogP contribution in [0.4, 0.5) is 8.78 Å². The Balaban J connectivity index is 1.74. The summed E-state index contributed by atoms with van der Waals surface area (Å²) in [5, 5.41) is 2.84. The molecule has 2 aromatic carbocycles. The van der Waals surface area contributed by atoms with Crippen molar-refractivity contribution in [2.45, 2.75) is 26.0 Å². The zero-order valence-corrected chi connectivity index (χ0v) is 13.3. The molecule has 0 saturated carbocycles. The van der Waals surface area contributed by atoms with E-state index in [2.05, 4.69) is 10.1 Å². The second-order valence-corrected chi connectivity index (χ2v) is 5.15. The van der Waals surface area contributed by atoms with Gasteiger partial charge in [0.1, 0.15) is 11.5 Å². The summed E-state index contributed by atoms with van der Waals surface area (Å²) in [6.07, 6.45) is 0.856. The highest BCUT2D eigenvalue weighted by Gasteiger charge is 2.05. The molecule has 0 aliphatic heterocycles. The Labute approximate surface area is 139 Å². The molecular weight excluding hydrogens is 316 g/mol. The number of alkyl halides is 2. The molecule has 1 N–H and O–H groups in total. The third-order valence-corrected chi connectivity index (χ3v) is 3.44. The number of carbonyl (C=O) groups excluding carboxylic acids is 1. The van der Waals surface area contributed by atoms with Gasteiger partial charge in [0.05, 0.1) is 7.11 Å². The third-order valence-electron chi connectivity index (χ3n) is 3.44. The van der Waals surface area contributed by atoms with Crippen molar-refractivity contribution in [3.63, 3.8) is 0 Å². The first-order chi connectivity index (χ1) is 11.6. The minimum atomic E-state index is -2.83. The number of aryl methyl sites for hydroxylation is 1. The quantitative estimate of drug-likeness (QED) is 0.803. The molecule has 0 spiro atoms. The van der Waals surface area contributed by atoms with Gasteiger partial charge in [-0.15, -0.1) is 0 Å². The monoisotopic (exact) mass is 335 g/mol. The molecule has 0 unspecified atom stereocenters. The number of hydrogen-bond acceptors (Lipinski definition) is 3. The van der Waals surface area contributed by atoms with Gasteiger partial charge in [-0.1, -0.05) is 24.3 Å². The molecule has 1 amide bonds. The lowest BCUT2D eigenvalue weighted by atomic mass is 10.1. The molecular formula is C18H19F2NO3. The van der Waals surface area contributed by atoms with Crippen molar-refractivity contribution in [3.8, 4) is 11.5 Å². The van der Waals surface area contributed by atoms with Crippen LogP contribution in [0.25, 0.3) is 0 Å². The van der Waals surface area contributed by atoms with Crippen LogP contribution in [0.2, 0.25) is 0 Å². The maximum Gasteiger partial charge on any atom is 0.387 e. The second kappa shape index (κ2) is 8.86. The Morgan fingerprint density at radius 3 is 2.17 bits per heavy atom. The van der Waals surface area contributed by atoms with E-state index in [4.69, 9.17) is 4.74 Å². The highest BCUT2D eigenvalue weighted by atomic mass is 19.3. The van der Waals surface area contributed by atoms with Crippen LogP contribution in [0.15, 0.2) is 48.5 Å². The Hall–Kier alpha value is -2.63. The molecule has 128 valence electrons. The van der Waals surface area contributed by atoms with Gasteiger partial charge in [-0.2, -0.15) is 8.78 Å². The molecule has 0 aliphatic carbocycles. The maximum atomic E-state index is 12.1. The molecule has 0 aromatic heterocycles. The van der Waals surface area contributed by atoms with Crippen molar-refractivity contribution in [2.24, 2.45) is 0 Å². The van der Waals surface area contributed by atoms with Gasteiger partial charge in [0.15, 0.2) is 0 Å². The third kappa shape index (κ3) is 5.87. The van der Waals surface area contributed by atoms with E-state index in [1.807, 2.05) is 24.3 Å². The number of halogens is 2. The van der Waals surface area contributed by atoms with E-state index in [-0.39, 0.29) is 11.7 Å². The summed E-state index contributed by atoms with van der Waals surface area (Å²) in [5.74, 6) is 0.806. The van der Waals surface area contributed by atoms with Gasteiger partial charge in [0, 0.05) is 13.0 Å². The van der Waals surface area contributed by atoms with E-state index in [1.54, 1.807) is 19.2 Å². The van der Waals surface area contributed by atoms with E-state index in [0.29, 0.717) is 19.4 Å². The molecule has 2 rings (SSSR count). The average Bonchev–Trinajstić information content (AvgIpc) is 2.59. The number of hydrogen-bond donors (Lipinski definition) is 1. The van der Waals surface area contributed by atoms with Crippen LogP contribution in [-0.4, -0.2) is 19.6 Å². The molecule has 6 heteroatoms. The lowest BCUT2D eigenvalue weighted by molar-refractivity contribution is -0.121. The first-order valence-electron chi connectivity index (χ1n) is 7.50. The molecule has 0 saturated heterocycles. The molecule has 0 fully saturated rings. The minimum absolute atomic E-state index is 0.0706. The van der Waals surface area contributed by atoms with Crippen molar-refractivity contribution in [2.75, 3.05) is 7.11 Å². The van der Waals surface area contributed by atoms with Crippen LogP contribution in [0, 0.1) is 0 Å². The summed E-state index contributed by atoms with van der Waals surface area (Å²) in [6, 6.07) is 13.7. The highest BCUT2D eigenvalue weighted by Crippen LogP contribution is 2.16. The first kappa shape index (κ1) is 17.7. The molecule has 0 bridgehead atoms. The largest absolute Gasteiger partial charge is 0.497 e. The molecule has 0 aliphatic rings. The SMILES string of the molecule is COc1ccc(CNC(=O)CCc2ccc(OC(F)F)cc2)cc1. The van der Waals surface area contributed by atoms with E-state index >= 15 is 0 Å². The summed E-state index contributed by atoms with van der Waals surface area (Å²) >= 11 is 0. The van der Waals surface area contributed by atoms with Crippen LogP contribution < -0.4 is 14.8 Å². The number of amides is 1. The van der Waals surface area contributed by atoms with Crippen LogP contribution in [0.3, 0.4) is 0 Å². The Kier molecular flexibility index (Phi) is 6.54. The number of carbonyl (C=O) groups is 1. The van der Waals surface area contributed by atoms with Gasteiger partial charge in [-0.05, 0) is 41.8 Å². The average molecular weight is 335 g/mol. The molecule has 0 atom stereocenters. The fourth-order valence-electron chi connectivity index (χ4n) is 2.13. The van der Waals surface area contributed by atoms with Crippen molar-refractivity contribution < 1.29 is 23.0 Å². The molecule has 4 nitrogen and oxygen atoms in total. The summed E-state index contributed by atoms with van der Waals surface area (Å²) in [6.45, 7) is -2.39. The van der Waals surface area contributed by atoms with Crippen LogP contribution in [0.1, 0.15) is 17.5 Å². The number of rotatable bonds is 8. The topological polar surface area (TPSA) is 47.6 Å². The maximum absolute atomic E-state index is 12.1. The minimum Gasteiger partial charge on any atom is -0.497 e. The summed E-state index contributed by atoms with van der Waals surface area (Å²) in [5.41, 5.74) is 1.87. The van der Waals surface area contributed by atoms with Crippen LogP contribution >= 0.6 is 0 Å². The lowest BCUT2D eigenvalue weighted by Crippen LogP contribution is -2.22. The Bertz CT molecular complexity index is 642. The van der Waals surface area contributed by atoms with Crippen molar-refractivity contribution in [1.29, 1.82) is 0 Å². The van der Waals surface area contributed by atoms with Crippen molar-refractivity contribution in [1.82, 2.24) is 5.32 Å². The zero-order valence-electron chi connectivity index (χ0n) is 13.3.